The number of aromatic amines is 1. The van der Waals surface area contributed by atoms with Crippen LogP contribution in [0.1, 0.15) is 0 Å². The molecule has 2 rings (SSSR count). The summed E-state index contributed by atoms with van der Waals surface area (Å²) in [7, 11) is 0. The summed E-state index contributed by atoms with van der Waals surface area (Å²) in [5.74, 6) is -1.54. The Morgan fingerprint density at radius 3 is 2.67 bits per heavy atom. The van der Waals surface area contributed by atoms with Gasteiger partial charge in [0.1, 0.15) is 5.82 Å². The fourth-order valence-electron chi connectivity index (χ4n) is 1.21. The normalized spacial score (nSPS) is 10.6. The van der Waals surface area contributed by atoms with Crippen molar-refractivity contribution < 1.29 is 8.78 Å². The Balaban J connectivity index is 2.59. The zero-order valence-corrected chi connectivity index (χ0v) is 8.98. The molecule has 1 aromatic carbocycles. The molecule has 15 heavy (non-hydrogen) atoms. The number of benzene rings is 1. The molecular weight excluding hydrogens is 268 g/mol. The molecular formula is C9H6BrF2N3. The number of halogens is 3. The number of rotatable bonds is 1. The molecule has 0 amide bonds. The molecule has 0 aliphatic rings. The van der Waals surface area contributed by atoms with E-state index in [2.05, 4.69) is 26.1 Å². The summed E-state index contributed by atoms with van der Waals surface area (Å²) in [5, 5.41) is 6.32. The van der Waals surface area contributed by atoms with Crippen LogP contribution in [0, 0.1) is 11.6 Å². The van der Waals surface area contributed by atoms with Gasteiger partial charge in [-0.15, -0.1) is 0 Å². The molecule has 0 atom stereocenters. The first-order chi connectivity index (χ1) is 7.09. The maximum Gasteiger partial charge on any atom is 0.173 e. The topological polar surface area (TPSA) is 54.7 Å². The molecule has 3 N–H and O–H groups in total. The Hall–Kier alpha value is -1.43. The molecule has 2 aromatic rings. The van der Waals surface area contributed by atoms with E-state index in [-0.39, 0.29) is 4.47 Å². The van der Waals surface area contributed by atoms with Crippen molar-refractivity contribution in [3.63, 3.8) is 0 Å². The third kappa shape index (κ3) is 1.72. The average Bonchev–Trinajstić information content (AvgIpc) is 2.61. The van der Waals surface area contributed by atoms with E-state index in [1.54, 1.807) is 0 Å². The second-order valence-corrected chi connectivity index (χ2v) is 3.72. The standard InChI is InChI=1S/C9H6BrF2N3/c10-8-4(1-2-5(11)9(8)12)6-3-7(13)15-14-6/h1-3H,(H3,13,14,15). The van der Waals surface area contributed by atoms with Gasteiger partial charge < -0.3 is 5.73 Å². The first-order valence-electron chi connectivity index (χ1n) is 4.04. The molecule has 78 valence electrons. The molecule has 0 fully saturated rings. The summed E-state index contributed by atoms with van der Waals surface area (Å²) in [6.45, 7) is 0. The molecule has 3 nitrogen and oxygen atoms in total. The molecule has 0 unspecified atom stereocenters. The first kappa shape index (κ1) is 10.1. The molecule has 0 saturated heterocycles. The van der Waals surface area contributed by atoms with Gasteiger partial charge in [-0.3, -0.25) is 5.10 Å². The lowest BCUT2D eigenvalue weighted by atomic mass is 10.1. The van der Waals surface area contributed by atoms with E-state index < -0.39 is 11.6 Å². The van der Waals surface area contributed by atoms with Gasteiger partial charge in [0.05, 0.1) is 10.2 Å². The Labute approximate surface area is 92.4 Å². The number of H-pyrrole nitrogens is 1. The highest BCUT2D eigenvalue weighted by Crippen LogP contribution is 2.30. The van der Waals surface area contributed by atoms with Crippen LogP contribution in [0.4, 0.5) is 14.6 Å². The van der Waals surface area contributed by atoms with Crippen LogP contribution in [-0.4, -0.2) is 10.2 Å². The summed E-state index contributed by atoms with van der Waals surface area (Å²) in [5.41, 5.74) is 6.41. The van der Waals surface area contributed by atoms with Crippen LogP contribution in [-0.2, 0) is 0 Å². The van der Waals surface area contributed by atoms with Crippen molar-refractivity contribution in [2.75, 3.05) is 5.73 Å². The maximum atomic E-state index is 13.2. The number of hydrogen-bond donors (Lipinski definition) is 2. The quantitative estimate of drug-likeness (QED) is 0.785. The smallest absolute Gasteiger partial charge is 0.173 e. The van der Waals surface area contributed by atoms with Crippen molar-refractivity contribution >= 4 is 21.7 Å². The van der Waals surface area contributed by atoms with Crippen LogP contribution in [0.2, 0.25) is 0 Å². The molecule has 0 bridgehead atoms. The highest BCUT2D eigenvalue weighted by Gasteiger charge is 2.13. The van der Waals surface area contributed by atoms with Crippen molar-refractivity contribution in [1.29, 1.82) is 0 Å². The van der Waals surface area contributed by atoms with Gasteiger partial charge in [-0.2, -0.15) is 5.10 Å². The van der Waals surface area contributed by atoms with Gasteiger partial charge in [-0.05, 0) is 28.1 Å². The highest BCUT2D eigenvalue weighted by atomic mass is 79.9. The highest BCUT2D eigenvalue weighted by molar-refractivity contribution is 9.10. The van der Waals surface area contributed by atoms with E-state index in [0.29, 0.717) is 17.1 Å². The monoisotopic (exact) mass is 273 g/mol. The predicted octanol–water partition coefficient (Wildman–Crippen LogP) is 2.70. The van der Waals surface area contributed by atoms with Gasteiger partial charge in [-0.1, -0.05) is 0 Å². The van der Waals surface area contributed by atoms with Crippen molar-refractivity contribution in [3.05, 3.63) is 34.3 Å². The van der Waals surface area contributed by atoms with E-state index >= 15 is 0 Å². The Morgan fingerprint density at radius 2 is 2.07 bits per heavy atom. The van der Waals surface area contributed by atoms with Crippen LogP contribution in [0.3, 0.4) is 0 Å². The van der Waals surface area contributed by atoms with E-state index in [9.17, 15) is 8.78 Å². The molecule has 1 heterocycles. The van der Waals surface area contributed by atoms with E-state index in [1.807, 2.05) is 0 Å². The van der Waals surface area contributed by atoms with Crippen LogP contribution >= 0.6 is 15.9 Å². The molecule has 0 aliphatic heterocycles. The summed E-state index contributed by atoms with van der Waals surface area (Å²) in [6, 6.07) is 4.03. The minimum atomic E-state index is -0.930. The minimum Gasteiger partial charge on any atom is -0.382 e. The molecule has 6 heteroatoms. The number of nitrogens with two attached hydrogens (primary N) is 1. The molecule has 0 spiro atoms. The largest absolute Gasteiger partial charge is 0.382 e. The fraction of sp³-hybridized carbons (Fsp3) is 0. The summed E-state index contributed by atoms with van der Waals surface area (Å²) in [4.78, 5) is 0. The van der Waals surface area contributed by atoms with Gasteiger partial charge in [-0.25, -0.2) is 8.78 Å². The van der Waals surface area contributed by atoms with Gasteiger partial charge >= 0.3 is 0 Å². The minimum absolute atomic E-state index is 0.0474. The number of hydrogen-bond acceptors (Lipinski definition) is 2. The molecule has 0 saturated carbocycles. The van der Waals surface area contributed by atoms with Crippen molar-refractivity contribution in [2.24, 2.45) is 0 Å². The molecule has 0 radical (unpaired) electrons. The van der Waals surface area contributed by atoms with Gasteiger partial charge in [0.15, 0.2) is 11.6 Å². The third-order valence-electron chi connectivity index (χ3n) is 1.92. The summed E-state index contributed by atoms with van der Waals surface area (Å²) in [6.07, 6.45) is 0. The van der Waals surface area contributed by atoms with E-state index in [4.69, 9.17) is 5.73 Å². The summed E-state index contributed by atoms with van der Waals surface area (Å²) < 4.78 is 26.1. The van der Waals surface area contributed by atoms with Gasteiger partial charge in [0.2, 0.25) is 0 Å². The Morgan fingerprint density at radius 1 is 1.33 bits per heavy atom. The lowest BCUT2D eigenvalue weighted by Gasteiger charge is -2.02. The van der Waals surface area contributed by atoms with Crippen molar-refractivity contribution in [2.45, 2.75) is 0 Å². The van der Waals surface area contributed by atoms with Crippen molar-refractivity contribution in [3.8, 4) is 11.3 Å². The lowest BCUT2D eigenvalue weighted by Crippen LogP contribution is -1.89. The second kappa shape index (κ2) is 3.62. The molecule has 0 aliphatic carbocycles. The van der Waals surface area contributed by atoms with Crippen LogP contribution in [0.15, 0.2) is 22.7 Å². The second-order valence-electron chi connectivity index (χ2n) is 2.93. The third-order valence-corrected chi connectivity index (χ3v) is 2.70. The number of nitrogen functional groups attached to an aromatic ring is 1. The van der Waals surface area contributed by atoms with E-state index in [0.717, 1.165) is 6.07 Å². The van der Waals surface area contributed by atoms with Gasteiger partial charge in [0, 0.05) is 11.6 Å². The first-order valence-corrected chi connectivity index (χ1v) is 4.83. The number of aromatic nitrogens is 2. The molecule has 1 aromatic heterocycles. The van der Waals surface area contributed by atoms with Crippen LogP contribution in [0.25, 0.3) is 11.3 Å². The zero-order chi connectivity index (χ0) is 11.0. The van der Waals surface area contributed by atoms with E-state index in [1.165, 1.54) is 12.1 Å². The zero-order valence-electron chi connectivity index (χ0n) is 7.39. The number of nitrogens with zero attached hydrogens (tertiary/aromatic N) is 1. The Kier molecular flexibility index (Phi) is 2.44. The average molecular weight is 274 g/mol. The Bertz CT molecular complexity index is 510. The maximum absolute atomic E-state index is 13.2. The van der Waals surface area contributed by atoms with Crippen molar-refractivity contribution in [1.82, 2.24) is 10.2 Å². The van der Waals surface area contributed by atoms with Gasteiger partial charge in [0.25, 0.3) is 0 Å². The fourth-order valence-corrected chi connectivity index (χ4v) is 1.74. The lowest BCUT2D eigenvalue weighted by molar-refractivity contribution is 0.504. The number of nitrogens with one attached hydrogen (secondary N) is 1. The SMILES string of the molecule is Nc1cc(-c2ccc(F)c(F)c2Br)[nH]n1. The predicted molar refractivity (Wildman–Crippen MR) is 56.1 cm³/mol. The number of anilines is 1. The summed E-state index contributed by atoms with van der Waals surface area (Å²) >= 11 is 2.97. The van der Waals surface area contributed by atoms with Crippen LogP contribution < -0.4 is 5.73 Å². The van der Waals surface area contributed by atoms with Crippen LogP contribution in [0.5, 0.6) is 0 Å².